The number of carbonyl (C=O) groups is 1. The van der Waals surface area contributed by atoms with Crippen LogP contribution in [0.3, 0.4) is 0 Å². The molecular formula is C13H19ClN2O. The van der Waals surface area contributed by atoms with Crippen molar-refractivity contribution in [1.29, 1.82) is 0 Å². The van der Waals surface area contributed by atoms with Crippen molar-refractivity contribution in [2.75, 3.05) is 5.88 Å². The minimum atomic E-state index is -0.176. The topological polar surface area (TPSA) is 55.1 Å². The highest BCUT2D eigenvalue weighted by atomic mass is 35.5. The molecule has 1 aliphatic heterocycles. The number of fused-ring (bicyclic) bond motifs is 1. The molecule has 3 N–H and O–H groups in total. The van der Waals surface area contributed by atoms with E-state index < -0.39 is 0 Å². The summed E-state index contributed by atoms with van der Waals surface area (Å²) < 4.78 is 0. The number of hydrogen-bond donors (Lipinski definition) is 2. The lowest BCUT2D eigenvalue weighted by molar-refractivity contribution is -0.122. The van der Waals surface area contributed by atoms with E-state index in [2.05, 4.69) is 11.4 Å². The monoisotopic (exact) mass is 254 g/mol. The van der Waals surface area contributed by atoms with Crippen LogP contribution in [0.1, 0.15) is 25.7 Å². The first-order valence-electron chi connectivity index (χ1n) is 6.22. The fourth-order valence-electron chi connectivity index (χ4n) is 2.86. The first kappa shape index (κ1) is 12.5. The molecule has 17 heavy (non-hydrogen) atoms. The van der Waals surface area contributed by atoms with E-state index in [-0.39, 0.29) is 17.9 Å². The van der Waals surface area contributed by atoms with Crippen LogP contribution < -0.4 is 11.1 Å². The Balaban J connectivity index is 2.11. The third-order valence-electron chi connectivity index (χ3n) is 3.68. The number of nitrogens with one attached hydrogen (secondary N) is 1. The normalized spacial score (nSPS) is 32.8. The van der Waals surface area contributed by atoms with Gasteiger partial charge in [-0.3, -0.25) is 4.79 Å². The van der Waals surface area contributed by atoms with Crippen LogP contribution in [0.4, 0.5) is 0 Å². The molecule has 0 aromatic rings. The third kappa shape index (κ3) is 2.83. The predicted molar refractivity (Wildman–Crippen MR) is 69.5 cm³/mol. The van der Waals surface area contributed by atoms with Crippen LogP contribution in [0.2, 0.25) is 0 Å². The molecule has 1 amide bonds. The van der Waals surface area contributed by atoms with Crippen molar-refractivity contribution in [2.45, 2.75) is 31.7 Å². The summed E-state index contributed by atoms with van der Waals surface area (Å²) in [6, 6.07) is 0.185. The van der Waals surface area contributed by atoms with Gasteiger partial charge in [-0.1, -0.05) is 25.0 Å². The Labute approximate surface area is 107 Å². The smallest absolute Gasteiger partial charge is 0.222 e. The Morgan fingerprint density at radius 2 is 2.29 bits per heavy atom. The van der Waals surface area contributed by atoms with E-state index in [9.17, 15) is 4.79 Å². The molecule has 3 unspecified atom stereocenters. The molecule has 94 valence electrons. The second-order valence-corrected chi connectivity index (χ2v) is 5.11. The summed E-state index contributed by atoms with van der Waals surface area (Å²) in [5.41, 5.74) is 6.57. The largest absolute Gasteiger partial charge is 0.381 e. The fraction of sp³-hybridized carbons (Fsp3) is 0.615. The van der Waals surface area contributed by atoms with Gasteiger partial charge in [-0.05, 0) is 18.9 Å². The second-order valence-electron chi connectivity index (χ2n) is 4.81. The van der Waals surface area contributed by atoms with Crippen molar-refractivity contribution in [3.63, 3.8) is 0 Å². The van der Waals surface area contributed by atoms with E-state index in [4.69, 9.17) is 17.3 Å². The van der Waals surface area contributed by atoms with Crippen molar-refractivity contribution >= 4 is 17.5 Å². The molecule has 0 saturated heterocycles. The molecule has 1 saturated carbocycles. The average molecular weight is 255 g/mol. The number of carbonyl (C=O) groups excluding carboxylic acids is 1. The average Bonchev–Trinajstić information content (AvgIpc) is 2.59. The SMILES string of the molecule is NC(=O)C1CCCCC2C=C(/C=C\CCl)NC21. The van der Waals surface area contributed by atoms with Crippen LogP contribution in [0.5, 0.6) is 0 Å². The third-order valence-corrected chi connectivity index (χ3v) is 3.85. The molecule has 1 fully saturated rings. The maximum atomic E-state index is 11.5. The van der Waals surface area contributed by atoms with Gasteiger partial charge in [0.1, 0.15) is 0 Å². The molecule has 4 heteroatoms. The highest BCUT2D eigenvalue weighted by Crippen LogP contribution is 2.33. The maximum absolute atomic E-state index is 11.5. The maximum Gasteiger partial charge on any atom is 0.222 e. The Morgan fingerprint density at radius 1 is 1.53 bits per heavy atom. The molecule has 2 aliphatic rings. The minimum absolute atomic E-state index is 0.0411. The van der Waals surface area contributed by atoms with Gasteiger partial charge in [0.15, 0.2) is 0 Å². The first-order valence-corrected chi connectivity index (χ1v) is 6.76. The number of alkyl halides is 1. The molecule has 1 aliphatic carbocycles. The molecule has 0 aromatic carbocycles. The summed E-state index contributed by atoms with van der Waals surface area (Å²) in [4.78, 5) is 11.5. The highest BCUT2D eigenvalue weighted by molar-refractivity contribution is 6.18. The van der Waals surface area contributed by atoms with Gasteiger partial charge >= 0.3 is 0 Å². The Morgan fingerprint density at radius 3 is 3.00 bits per heavy atom. The summed E-state index contributed by atoms with van der Waals surface area (Å²) in [6.45, 7) is 0. The number of amides is 1. The van der Waals surface area contributed by atoms with Gasteiger partial charge in [0.05, 0.1) is 5.92 Å². The van der Waals surface area contributed by atoms with Gasteiger partial charge in [-0.2, -0.15) is 0 Å². The Bertz CT molecular complexity index is 351. The molecule has 0 spiro atoms. The van der Waals surface area contributed by atoms with Crippen molar-refractivity contribution < 1.29 is 4.79 Å². The van der Waals surface area contributed by atoms with E-state index >= 15 is 0 Å². The number of primary amides is 1. The molecule has 0 aromatic heterocycles. The van der Waals surface area contributed by atoms with E-state index in [0.29, 0.717) is 11.8 Å². The summed E-state index contributed by atoms with van der Waals surface area (Å²) >= 11 is 5.62. The molecule has 2 rings (SSSR count). The Kier molecular flexibility index (Phi) is 4.11. The zero-order chi connectivity index (χ0) is 12.3. The number of hydrogen-bond acceptors (Lipinski definition) is 2. The van der Waals surface area contributed by atoms with Crippen molar-refractivity contribution in [3.05, 3.63) is 23.9 Å². The Hall–Kier alpha value is -0.960. The van der Waals surface area contributed by atoms with Gasteiger partial charge in [-0.25, -0.2) is 0 Å². The van der Waals surface area contributed by atoms with Crippen LogP contribution in [-0.4, -0.2) is 17.8 Å². The highest BCUT2D eigenvalue weighted by Gasteiger charge is 2.37. The van der Waals surface area contributed by atoms with Crippen LogP contribution in [0, 0.1) is 11.8 Å². The lowest BCUT2D eigenvalue weighted by Gasteiger charge is -2.24. The summed E-state index contributed by atoms with van der Waals surface area (Å²) in [5.74, 6) is 0.726. The van der Waals surface area contributed by atoms with E-state index in [1.807, 2.05) is 12.2 Å². The molecular weight excluding hydrogens is 236 g/mol. The lowest BCUT2D eigenvalue weighted by Crippen LogP contribution is -2.42. The number of nitrogens with two attached hydrogens (primary N) is 1. The molecule has 0 bridgehead atoms. The number of halogens is 1. The zero-order valence-corrected chi connectivity index (χ0v) is 10.6. The van der Waals surface area contributed by atoms with Crippen molar-refractivity contribution in [2.24, 2.45) is 17.6 Å². The summed E-state index contributed by atoms with van der Waals surface area (Å²) in [7, 11) is 0. The fourth-order valence-corrected chi connectivity index (χ4v) is 2.95. The lowest BCUT2D eigenvalue weighted by atomic mass is 9.88. The zero-order valence-electron chi connectivity index (χ0n) is 9.86. The van der Waals surface area contributed by atoms with E-state index in [0.717, 1.165) is 25.0 Å². The van der Waals surface area contributed by atoms with Crippen molar-refractivity contribution in [3.8, 4) is 0 Å². The van der Waals surface area contributed by atoms with Crippen LogP contribution >= 0.6 is 11.6 Å². The molecule has 1 heterocycles. The van der Waals surface area contributed by atoms with Crippen LogP contribution in [0.25, 0.3) is 0 Å². The van der Waals surface area contributed by atoms with Crippen LogP contribution in [0.15, 0.2) is 23.9 Å². The molecule has 3 nitrogen and oxygen atoms in total. The van der Waals surface area contributed by atoms with Crippen molar-refractivity contribution in [1.82, 2.24) is 5.32 Å². The number of rotatable bonds is 3. The standard InChI is InChI=1S/C13H19ClN2O/c14-7-3-5-10-8-9-4-1-2-6-11(13(15)17)12(9)16-10/h3,5,8-9,11-12,16H,1-2,4,6-7H2,(H2,15,17)/b5-3-. The number of allylic oxidation sites excluding steroid dienone is 2. The minimum Gasteiger partial charge on any atom is -0.381 e. The molecule has 0 radical (unpaired) electrons. The van der Waals surface area contributed by atoms with Crippen LogP contribution in [-0.2, 0) is 4.79 Å². The van der Waals surface area contributed by atoms with Gasteiger partial charge in [0.2, 0.25) is 5.91 Å². The van der Waals surface area contributed by atoms with Gasteiger partial charge < -0.3 is 11.1 Å². The summed E-state index contributed by atoms with van der Waals surface area (Å²) in [5, 5.41) is 3.41. The first-order chi connectivity index (χ1) is 8.22. The van der Waals surface area contributed by atoms with Gasteiger partial charge in [-0.15, -0.1) is 11.6 Å². The van der Waals surface area contributed by atoms with Gasteiger partial charge in [0.25, 0.3) is 0 Å². The quantitative estimate of drug-likeness (QED) is 0.757. The second kappa shape index (κ2) is 5.58. The van der Waals surface area contributed by atoms with Gasteiger partial charge in [0, 0.05) is 23.5 Å². The van der Waals surface area contributed by atoms with E-state index in [1.54, 1.807) is 0 Å². The predicted octanol–water partition coefficient (Wildman–Crippen LogP) is 1.93. The van der Waals surface area contributed by atoms with E-state index in [1.165, 1.54) is 6.42 Å². The molecule has 3 atom stereocenters. The summed E-state index contributed by atoms with van der Waals surface area (Å²) in [6.07, 6.45) is 10.4.